The summed E-state index contributed by atoms with van der Waals surface area (Å²) in [7, 11) is -6.06. The number of hydrogen-bond donors (Lipinski definition) is 1. The van der Waals surface area contributed by atoms with E-state index in [1.54, 1.807) is 24.3 Å². The largest absolute Gasteiger partial charge is 0.497 e. The first-order chi connectivity index (χ1) is 16.7. The Kier molecular flexibility index (Phi) is 8.44. The van der Waals surface area contributed by atoms with Crippen LogP contribution < -0.4 is 10.1 Å². The van der Waals surface area contributed by atoms with Crippen LogP contribution in [0.1, 0.15) is 19.8 Å². The number of piperidine rings is 1. The number of amides is 1. The number of nitrogens with zero attached hydrogens (tertiary/aromatic N) is 2. The molecule has 0 bridgehead atoms. The Bertz CT molecular complexity index is 1370. The highest BCUT2D eigenvalue weighted by atomic mass is 35.5. The maximum absolute atomic E-state index is 15.4. The first kappa shape index (κ1) is 28.0. The summed E-state index contributed by atoms with van der Waals surface area (Å²) >= 11 is 6.10. The van der Waals surface area contributed by atoms with Crippen LogP contribution in [0, 0.1) is 0 Å². The van der Waals surface area contributed by atoms with Gasteiger partial charge in [-0.2, -0.15) is 4.31 Å². The molecule has 1 fully saturated rings. The number of sulfonamides is 1. The molecule has 3 rings (SSSR count). The molecule has 0 radical (unpaired) electrons. The number of ether oxygens (including phenoxy) is 1. The van der Waals surface area contributed by atoms with Crippen molar-refractivity contribution in [2.75, 3.05) is 26.5 Å². The summed E-state index contributed by atoms with van der Waals surface area (Å²) in [4.78, 5) is 16.6. The Morgan fingerprint density at radius 1 is 1.25 bits per heavy atom. The lowest BCUT2D eigenvalue weighted by molar-refractivity contribution is -0.135. The van der Waals surface area contributed by atoms with Crippen molar-refractivity contribution < 1.29 is 30.8 Å². The van der Waals surface area contributed by atoms with E-state index in [4.69, 9.17) is 16.3 Å². The maximum atomic E-state index is 15.4. The minimum Gasteiger partial charge on any atom is -0.497 e. The van der Waals surface area contributed by atoms with Gasteiger partial charge >= 0.3 is 0 Å². The van der Waals surface area contributed by atoms with Crippen molar-refractivity contribution in [1.29, 1.82) is 0 Å². The van der Waals surface area contributed by atoms with Crippen molar-refractivity contribution in [1.82, 2.24) is 14.6 Å². The first-order valence-electron chi connectivity index (χ1n) is 10.9. The number of rotatable bonds is 8. The number of carbonyl (C=O) groups is 1. The van der Waals surface area contributed by atoms with Crippen LogP contribution in [0.3, 0.4) is 0 Å². The van der Waals surface area contributed by atoms with E-state index >= 15 is 4.39 Å². The molecule has 0 saturated carbocycles. The average molecular weight is 560 g/mol. The molecule has 1 aliphatic heterocycles. The fourth-order valence-electron chi connectivity index (χ4n) is 3.70. The van der Waals surface area contributed by atoms with Gasteiger partial charge in [0.1, 0.15) is 5.75 Å². The molecule has 0 aliphatic carbocycles. The van der Waals surface area contributed by atoms with Crippen molar-refractivity contribution in [3.63, 3.8) is 0 Å². The molecular formula is C23H27ClFN3O6S2. The highest BCUT2D eigenvalue weighted by molar-refractivity contribution is 7.93. The monoisotopic (exact) mass is 559 g/mol. The van der Waals surface area contributed by atoms with Gasteiger partial charge in [0, 0.05) is 55.4 Å². The summed E-state index contributed by atoms with van der Waals surface area (Å²) in [5, 5.41) is 3.35. The zero-order valence-corrected chi connectivity index (χ0v) is 22.3. The lowest BCUT2D eigenvalue weighted by Gasteiger charge is -2.35. The predicted octanol–water partition coefficient (Wildman–Crippen LogP) is 2.97. The summed E-state index contributed by atoms with van der Waals surface area (Å²) in [5.41, 5.74) is -1.51. The van der Waals surface area contributed by atoms with E-state index in [0.29, 0.717) is 11.3 Å². The smallest absolute Gasteiger partial charge is 0.261 e. The van der Waals surface area contributed by atoms with Gasteiger partial charge < -0.3 is 10.1 Å². The molecule has 196 valence electrons. The Morgan fingerprint density at radius 3 is 2.53 bits per heavy atom. The second-order valence-electron chi connectivity index (χ2n) is 8.53. The van der Waals surface area contributed by atoms with E-state index in [2.05, 4.69) is 10.3 Å². The topological polar surface area (TPSA) is 123 Å². The number of nitrogens with one attached hydrogen (secondary N) is 1. The summed E-state index contributed by atoms with van der Waals surface area (Å²) in [6.07, 6.45) is 2.72. The number of methoxy groups -OCH3 is 1. The minimum absolute atomic E-state index is 0.240. The molecule has 1 atom stereocenters. The third-order valence-corrected chi connectivity index (χ3v) is 8.40. The zero-order chi connectivity index (χ0) is 26.7. The van der Waals surface area contributed by atoms with Gasteiger partial charge in [-0.25, -0.2) is 26.2 Å². The van der Waals surface area contributed by atoms with Gasteiger partial charge in [0.25, 0.3) is 15.9 Å². The van der Waals surface area contributed by atoms with Crippen molar-refractivity contribution >= 4 is 37.4 Å². The second kappa shape index (κ2) is 10.8. The summed E-state index contributed by atoms with van der Waals surface area (Å²) in [5.74, 6) is -0.408. The Morgan fingerprint density at radius 2 is 1.92 bits per heavy atom. The number of sulfone groups is 1. The van der Waals surface area contributed by atoms with Crippen molar-refractivity contribution in [3.8, 4) is 16.9 Å². The average Bonchev–Trinajstić information content (AvgIpc) is 2.82. The van der Waals surface area contributed by atoms with Gasteiger partial charge in [-0.1, -0.05) is 29.8 Å². The zero-order valence-electron chi connectivity index (χ0n) is 19.9. The quantitative estimate of drug-likeness (QED) is 0.527. The van der Waals surface area contributed by atoms with Gasteiger partial charge in [-0.3, -0.25) is 4.79 Å². The van der Waals surface area contributed by atoms with Crippen molar-refractivity contribution in [2.24, 2.45) is 0 Å². The molecule has 36 heavy (non-hydrogen) atoms. The van der Waals surface area contributed by atoms with Crippen molar-refractivity contribution in [3.05, 3.63) is 53.0 Å². The molecular weight excluding hydrogens is 533 g/mol. The molecule has 9 nitrogen and oxygen atoms in total. The fourth-order valence-corrected chi connectivity index (χ4v) is 5.93. The van der Waals surface area contributed by atoms with E-state index in [0.717, 1.165) is 16.0 Å². The summed E-state index contributed by atoms with van der Waals surface area (Å²) in [6.45, 7) is 1.01. The van der Waals surface area contributed by atoms with Crippen LogP contribution in [0.15, 0.2) is 53.0 Å². The highest BCUT2D eigenvalue weighted by Crippen LogP contribution is 2.35. The van der Waals surface area contributed by atoms with Crippen LogP contribution in [-0.2, 0) is 24.7 Å². The lowest BCUT2D eigenvalue weighted by atomic mass is 9.93. The molecule has 0 unspecified atom stereocenters. The van der Waals surface area contributed by atoms with Gasteiger partial charge in [-0.15, -0.1) is 0 Å². The molecule has 1 aromatic heterocycles. The lowest BCUT2D eigenvalue weighted by Crippen LogP contribution is -2.53. The first-order valence-corrected chi connectivity index (χ1v) is 14.7. The minimum atomic E-state index is -4.15. The van der Waals surface area contributed by atoms with E-state index in [1.165, 1.54) is 32.4 Å². The third-order valence-electron chi connectivity index (χ3n) is 5.68. The number of hydrogen-bond acceptors (Lipinski definition) is 7. The van der Waals surface area contributed by atoms with Crippen LogP contribution in [0.25, 0.3) is 11.1 Å². The van der Waals surface area contributed by atoms with Gasteiger partial charge in [-0.05, 0) is 30.7 Å². The summed E-state index contributed by atoms with van der Waals surface area (Å²) < 4.78 is 71.2. The fraction of sp³-hybridized carbons (Fsp3) is 0.391. The highest BCUT2D eigenvalue weighted by Gasteiger charge is 2.45. The van der Waals surface area contributed by atoms with Gasteiger partial charge in [0.15, 0.2) is 20.5 Å². The molecule has 1 saturated heterocycles. The van der Waals surface area contributed by atoms with E-state index in [9.17, 15) is 21.6 Å². The molecule has 1 aromatic carbocycles. The molecule has 13 heteroatoms. The van der Waals surface area contributed by atoms with Crippen LogP contribution >= 0.6 is 11.6 Å². The number of alkyl halides is 1. The Balaban J connectivity index is 1.80. The molecule has 2 aromatic rings. The van der Waals surface area contributed by atoms with Crippen LogP contribution in [0.5, 0.6) is 5.75 Å². The Labute approximate surface area is 215 Å². The van der Waals surface area contributed by atoms with Gasteiger partial charge in [0.2, 0.25) is 0 Å². The van der Waals surface area contributed by atoms with Crippen LogP contribution in [0.2, 0.25) is 5.02 Å². The molecule has 2 heterocycles. The molecule has 0 spiro atoms. The van der Waals surface area contributed by atoms with Crippen LogP contribution in [-0.4, -0.2) is 70.2 Å². The van der Waals surface area contributed by atoms with Gasteiger partial charge in [0.05, 0.1) is 12.1 Å². The number of pyridine rings is 1. The Hall–Kier alpha value is -2.54. The van der Waals surface area contributed by atoms with E-state index in [-0.39, 0.29) is 41.5 Å². The second-order valence-corrected chi connectivity index (χ2v) is 12.7. The van der Waals surface area contributed by atoms with Crippen molar-refractivity contribution in [2.45, 2.75) is 36.5 Å². The van der Waals surface area contributed by atoms with E-state index in [1.807, 2.05) is 0 Å². The van der Waals surface area contributed by atoms with Crippen LogP contribution in [0.4, 0.5) is 4.39 Å². The third kappa shape index (κ3) is 6.61. The molecule has 1 aliphatic rings. The number of benzene rings is 1. The standard InChI is InChI=1S/C23H27ClFN3O6S2/c1-16(7-12-35(3,30)31)27-22(29)23(25)8-10-28(11-9-23)36(32,33)21-20(14-18(24)15-26-21)17-5-4-6-19(13-17)34-2/h4-7,12-16H,8-11H2,1-3H3,(H,27,29)/b12-7-/t16-/m0/s1. The van der Waals surface area contributed by atoms with E-state index < -0.39 is 37.5 Å². The SMILES string of the molecule is COc1cccc(-c2cc(Cl)cnc2S(=O)(=O)N2CCC(F)(C(=O)N[C@@H](C)/C=C\S(C)(=O)=O)CC2)c1. The normalized spacial score (nSPS) is 17.6. The predicted molar refractivity (Wildman–Crippen MR) is 135 cm³/mol. The number of carbonyl (C=O) groups excluding carboxylic acids is 1. The molecule has 1 amide bonds. The summed E-state index contributed by atoms with van der Waals surface area (Å²) in [6, 6.07) is 7.52. The molecule has 1 N–H and O–H groups in total. The maximum Gasteiger partial charge on any atom is 0.261 e. The number of halogens is 2. The number of aromatic nitrogens is 1.